The van der Waals surface area contributed by atoms with E-state index in [1.807, 2.05) is 66.7 Å². The van der Waals surface area contributed by atoms with Gasteiger partial charge in [0.1, 0.15) is 0 Å². The molecule has 0 spiro atoms. The molecule has 182 valence electrons. The lowest BCUT2D eigenvalue weighted by Gasteiger charge is -2.46. The molecule has 0 bridgehead atoms. The van der Waals surface area contributed by atoms with Gasteiger partial charge in [-0.3, -0.25) is 4.79 Å². The van der Waals surface area contributed by atoms with Crippen LogP contribution in [0.3, 0.4) is 0 Å². The third kappa shape index (κ3) is 6.20. The van der Waals surface area contributed by atoms with Crippen LogP contribution in [0.4, 0.5) is 0 Å². The average Bonchev–Trinajstić information content (AvgIpc) is 2.87. The summed E-state index contributed by atoms with van der Waals surface area (Å²) >= 11 is 0. The zero-order valence-corrected chi connectivity index (χ0v) is 21.8. The fourth-order valence-electron chi connectivity index (χ4n) is 4.59. The van der Waals surface area contributed by atoms with Gasteiger partial charge in [0, 0.05) is 4.91 Å². The second-order valence-corrected chi connectivity index (χ2v) is 13.8. The number of carbonyl (C=O) groups excluding carboxylic acids is 1. The standard InChI is InChI=1S/C28H33N3O3Si/c1-28(2,3)35(23-16-10-6-11-17-23,24-18-12-7-13-19-24)34-26(20-22-14-8-5-9-15-22)25(30-31-29)21-27(32)33-4/h5-19,25-26H,20-21H2,1-4H3/t25-,26+/m1/s1. The van der Waals surface area contributed by atoms with Gasteiger partial charge in [-0.2, -0.15) is 0 Å². The Kier molecular flexibility index (Phi) is 8.88. The maximum Gasteiger partial charge on any atom is 0.306 e. The molecule has 0 unspecified atom stereocenters. The van der Waals surface area contributed by atoms with E-state index in [-0.39, 0.29) is 11.5 Å². The summed E-state index contributed by atoms with van der Waals surface area (Å²) in [6, 6.07) is 29.8. The lowest BCUT2D eigenvalue weighted by molar-refractivity contribution is -0.141. The molecule has 2 atom stereocenters. The van der Waals surface area contributed by atoms with Gasteiger partial charge in [0.05, 0.1) is 25.7 Å². The first-order chi connectivity index (χ1) is 16.8. The number of ether oxygens (including phenoxy) is 1. The van der Waals surface area contributed by atoms with Crippen molar-refractivity contribution in [1.29, 1.82) is 0 Å². The molecule has 7 heteroatoms. The minimum atomic E-state index is -2.95. The van der Waals surface area contributed by atoms with Gasteiger partial charge in [0.25, 0.3) is 8.32 Å². The molecule has 35 heavy (non-hydrogen) atoms. The molecule has 6 nitrogen and oxygen atoms in total. The van der Waals surface area contributed by atoms with Crippen LogP contribution >= 0.6 is 0 Å². The van der Waals surface area contributed by atoms with Crippen LogP contribution in [-0.4, -0.2) is 33.5 Å². The first-order valence-electron chi connectivity index (χ1n) is 11.8. The number of nitrogens with zero attached hydrogens (tertiary/aromatic N) is 3. The van der Waals surface area contributed by atoms with Crippen molar-refractivity contribution in [1.82, 2.24) is 0 Å². The maximum absolute atomic E-state index is 12.3. The van der Waals surface area contributed by atoms with Crippen molar-refractivity contribution in [2.24, 2.45) is 5.11 Å². The molecule has 0 aromatic heterocycles. The van der Waals surface area contributed by atoms with Crippen molar-refractivity contribution >= 4 is 24.7 Å². The number of methoxy groups -OCH3 is 1. The highest BCUT2D eigenvalue weighted by Crippen LogP contribution is 2.38. The van der Waals surface area contributed by atoms with E-state index in [0.29, 0.717) is 6.42 Å². The van der Waals surface area contributed by atoms with E-state index in [2.05, 4.69) is 55.1 Å². The van der Waals surface area contributed by atoms with Crippen LogP contribution in [0.5, 0.6) is 0 Å². The molecule has 3 rings (SSSR count). The lowest BCUT2D eigenvalue weighted by atomic mass is 10.0. The number of azide groups is 1. The Morgan fingerprint density at radius 2 is 1.40 bits per heavy atom. The number of hydrogen-bond donors (Lipinski definition) is 0. The molecule has 0 heterocycles. The van der Waals surface area contributed by atoms with Gasteiger partial charge in [-0.15, -0.1) is 0 Å². The highest BCUT2D eigenvalue weighted by atomic mass is 28.4. The third-order valence-corrected chi connectivity index (χ3v) is 11.3. The highest BCUT2D eigenvalue weighted by Gasteiger charge is 2.52. The Hall–Kier alpha value is -3.38. The summed E-state index contributed by atoms with van der Waals surface area (Å²) in [6.45, 7) is 6.59. The molecule has 0 aliphatic heterocycles. The van der Waals surface area contributed by atoms with E-state index < -0.39 is 26.4 Å². The number of carbonyl (C=O) groups is 1. The van der Waals surface area contributed by atoms with E-state index in [9.17, 15) is 10.3 Å². The van der Waals surface area contributed by atoms with Crippen LogP contribution in [0.25, 0.3) is 10.4 Å². The Morgan fingerprint density at radius 3 is 1.83 bits per heavy atom. The average molecular weight is 488 g/mol. The zero-order chi connectivity index (χ0) is 25.3. The monoisotopic (exact) mass is 487 g/mol. The topological polar surface area (TPSA) is 84.3 Å². The SMILES string of the molecule is COC(=O)C[C@@H](N=[N+]=[N-])[C@H](Cc1ccccc1)O[Si](c1ccccc1)(c1ccccc1)C(C)(C)C. The summed E-state index contributed by atoms with van der Waals surface area (Å²) in [4.78, 5) is 15.4. The van der Waals surface area contributed by atoms with E-state index in [1.54, 1.807) is 0 Å². The van der Waals surface area contributed by atoms with Gasteiger partial charge in [-0.05, 0) is 32.9 Å². The molecular formula is C28H33N3O3Si. The van der Waals surface area contributed by atoms with Gasteiger partial charge < -0.3 is 9.16 Å². The summed E-state index contributed by atoms with van der Waals surface area (Å²) in [5, 5.41) is 6.01. The van der Waals surface area contributed by atoms with Crippen LogP contribution in [0, 0.1) is 0 Å². The predicted molar refractivity (Wildman–Crippen MR) is 142 cm³/mol. The second kappa shape index (κ2) is 11.8. The molecular weight excluding hydrogens is 454 g/mol. The van der Waals surface area contributed by atoms with Crippen LogP contribution in [-0.2, 0) is 20.4 Å². The first kappa shape index (κ1) is 26.2. The van der Waals surface area contributed by atoms with Crippen LogP contribution < -0.4 is 10.4 Å². The Labute approximate surface area is 208 Å². The van der Waals surface area contributed by atoms with Crippen molar-refractivity contribution in [3.8, 4) is 0 Å². The summed E-state index contributed by atoms with van der Waals surface area (Å²) in [7, 11) is -1.62. The minimum absolute atomic E-state index is 0.0593. The second-order valence-electron chi connectivity index (χ2n) is 9.56. The fraction of sp³-hybridized carbons (Fsp3) is 0.321. The van der Waals surface area contributed by atoms with Gasteiger partial charge in [0.15, 0.2) is 0 Å². The zero-order valence-electron chi connectivity index (χ0n) is 20.8. The molecule has 0 amide bonds. The van der Waals surface area contributed by atoms with Gasteiger partial charge >= 0.3 is 5.97 Å². The number of hydrogen-bond acceptors (Lipinski definition) is 4. The minimum Gasteiger partial charge on any atom is -0.469 e. The third-order valence-electron chi connectivity index (χ3n) is 6.26. The largest absolute Gasteiger partial charge is 0.469 e. The fourth-order valence-corrected chi connectivity index (χ4v) is 9.30. The lowest BCUT2D eigenvalue weighted by Crippen LogP contribution is -2.68. The van der Waals surface area contributed by atoms with Crippen molar-refractivity contribution in [3.63, 3.8) is 0 Å². The molecule has 0 fully saturated rings. The van der Waals surface area contributed by atoms with Crippen molar-refractivity contribution in [3.05, 3.63) is 107 Å². The number of esters is 1. The maximum atomic E-state index is 12.3. The first-order valence-corrected chi connectivity index (χ1v) is 13.7. The summed E-state index contributed by atoms with van der Waals surface area (Å²) in [5.74, 6) is -0.438. The van der Waals surface area contributed by atoms with Crippen molar-refractivity contribution in [2.45, 2.75) is 50.8 Å². The number of benzene rings is 3. The molecule has 0 radical (unpaired) electrons. The Morgan fingerprint density at radius 1 is 0.914 bits per heavy atom. The highest BCUT2D eigenvalue weighted by molar-refractivity contribution is 6.99. The molecule has 3 aromatic rings. The molecule has 0 saturated heterocycles. The molecule has 3 aromatic carbocycles. The van der Waals surface area contributed by atoms with Crippen LogP contribution in [0.1, 0.15) is 32.8 Å². The molecule has 0 N–H and O–H groups in total. The van der Waals surface area contributed by atoms with Crippen molar-refractivity contribution < 1.29 is 14.0 Å². The van der Waals surface area contributed by atoms with Crippen LogP contribution in [0.2, 0.25) is 5.04 Å². The Balaban J connectivity index is 2.22. The van der Waals surface area contributed by atoms with Crippen LogP contribution in [0.15, 0.2) is 96.1 Å². The smallest absolute Gasteiger partial charge is 0.306 e. The van der Waals surface area contributed by atoms with Gasteiger partial charge in [-0.25, -0.2) is 0 Å². The number of rotatable bonds is 10. The predicted octanol–water partition coefficient (Wildman–Crippen LogP) is 5.42. The van der Waals surface area contributed by atoms with Gasteiger partial charge in [0.2, 0.25) is 0 Å². The summed E-state index contributed by atoms with van der Waals surface area (Å²) in [6.07, 6.45) is -0.110. The van der Waals surface area contributed by atoms with E-state index in [1.165, 1.54) is 7.11 Å². The molecule has 0 aliphatic carbocycles. The van der Waals surface area contributed by atoms with E-state index in [0.717, 1.165) is 15.9 Å². The van der Waals surface area contributed by atoms with E-state index in [4.69, 9.17) is 9.16 Å². The Bertz CT molecular complexity index is 1090. The van der Waals surface area contributed by atoms with Crippen molar-refractivity contribution in [2.75, 3.05) is 7.11 Å². The van der Waals surface area contributed by atoms with Gasteiger partial charge in [-0.1, -0.05) is 117 Å². The normalized spacial score (nSPS) is 13.4. The summed E-state index contributed by atoms with van der Waals surface area (Å²) in [5.41, 5.74) is 10.4. The molecule has 0 aliphatic rings. The van der Waals surface area contributed by atoms with E-state index >= 15 is 0 Å². The summed E-state index contributed by atoms with van der Waals surface area (Å²) < 4.78 is 12.2. The quantitative estimate of drug-likeness (QED) is 0.126. The molecule has 0 saturated carbocycles.